The monoisotopic (exact) mass is 484 g/mol. The summed E-state index contributed by atoms with van der Waals surface area (Å²) in [4.78, 5) is 16.1. The highest BCUT2D eigenvalue weighted by atomic mass is 19.3. The molecule has 1 unspecified atom stereocenters. The first-order valence-electron chi connectivity index (χ1n) is 11.0. The Morgan fingerprint density at radius 1 is 1.12 bits per heavy atom. The lowest BCUT2D eigenvalue weighted by molar-refractivity contribution is -0.186. The molecule has 0 aliphatic carbocycles. The average molecular weight is 485 g/mol. The molecular weight excluding hydrogens is 453 g/mol. The van der Waals surface area contributed by atoms with Crippen LogP contribution >= 0.6 is 0 Å². The van der Waals surface area contributed by atoms with E-state index in [1.54, 1.807) is 28.8 Å². The minimum absolute atomic E-state index is 0.154. The number of carbonyl (C=O) groups is 1. The fourth-order valence-electron chi connectivity index (χ4n) is 3.45. The van der Waals surface area contributed by atoms with Crippen molar-refractivity contribution < 1.29 is 32.2 Å². The second-order valence-corrected chi connectivity index (χ2v) is 9.04. The molecule has 1 aromatic carbocycles. The van der Waals surface area contributed by atoms with Gasteiger partial charge in [-0.1, -0.05) is 0 Å². The number of hydrogen-bond donors (Lipinski definition) is 0. The highest BCUT2D eigenvalue weighted by Gasteiger charge is 2.32. The molecule has 1 saturated heterocycles. The zero-order valence-corrected chi connectivity index (χ0v) is 20.1. The molecule has 1 fully saturated rings. The number of nitrogens with zero attached hydrogens (tertiary/aromatic N) is 4. The van der Waals surface area contributed by atoms with Crippen LogP contribution in [0.4, 0.5) is 23.8 Å². The summed E-state index contributed by atoms with van der Waals surface area (Å²) in [5.74, 6) is 0.547. The van der Waals surface area contributed by atoms with Gasteiger partial charge in [-0.15, -0.1) is 5.10 Å². The number of benzene rings is 1. The van der Waals surface area contributed by atoms with Crippen LogP contribution in [-0.2, 0) is 9.47 Å². The predicted octanol–water partition coefficient (Wildman–Crippen LogP) is 4.58. The Bertz CT molecular complexity index is 968. The van der Waals surface area contributed by atoms with Crippen LogP contribution < -0.4 is 9.64 Å². The lowest BCUT2D eigenvalue weighted by atomic mass is 10.2. The zero-order valence-electron chi connectivity index (χ0n) is 20.1. The number of rotatable bonds is 7. The molecule has 188 valence electrons. The summed E-state index contributed by atoms with van der Waals surface area (Å²) in [5.41, 5.74) is 0.809. The van der Waals surface area contributed by atoms with Crippen molar-refractivity contribution in [2.45, 2.75) is 45.5 Å². The molecule has 3 rings (SSSR count). The van der Waals surface area contributed by atoms with Gasteiger partial charge in [0.1, 0.15) is 11.4 Å². The summed E-state index contributed by atoms with van der Waals surface area (Å²) in [6.07, 6.45) is -4.51. The third-order valence-corrected chi connectivity index (χ3v) is 5.25. The number of aromatic nitrogens is 2. The number of amides is 1. The lowest BCUT2D eigenvalue weighted by Crippen LogP contribution is -2.50. The number of anilines is 1. The number of piperazine rings is 1. The molecule has 1 aliphatic rings. The van der Waals surface area contributed by atoms with Crippen LogP contribution in [0.1, 0.15) is 39.5 Å². The van der Waals surface area contributed by atoms with Crippen LogP contribution in [0.2, 0.25) is 0 Å². The van der Waals surface area contributed by atoms with Crippen LogP contribution in [0.5, 0.6) is 5.75 Å². The molecule has 2 aromatic rings. The van der Waals surface area contributed by atoms with Crippen molar-refractivity contribution in [3.05, 3.63) is 36.0 Å². The van der Waals surface area contributed by atoms with Gasteiger partial charge in [-0.05, 0) is 52.0 Å². The van der Waals surface area contributed by atoms with E-state index >= 15 is 0 Å². The number of alkyl halides is 3. The number of ether oxygens (including phenoxy) is 3. The Balaban J connectivity index is 1.77. The average Bonchev–Trinajstić information content (AvgIpc) is 3.23. The van der Waals surface area contributed by atoms with E-state index in [-0.39, 0.29) is 17.9 Å². The summed E-state index contributed by atoms with van der Waals surface area (Å²) < 4.78 is 55.7. The summed E-state index contributed by atoms with van der Waals surface area (Å²) in [6.45, 7) is 7.58. The maximum atomic E-state index is 13.2. The highest BCUT2D eigenvalue weighted by molar-refractivity contribution is 5.68. The Kier molecular flexibility index (Phi) is 7.64. The maximum Gasteiger partial charge on any atom is 0.427 e. The lowest BCUT2D eigenvalue weighted by Gasteiger charge is -2.35. The van der Waals surface area contributed by atoms with E-state index in [4.69, 9.17) is 14.6 Å². The van der Waals surface area contributed by atoms with E-state index in [2.05, 4.69) is 9.64 Å². The van der Waals surface area contributed by atoms with E-state index in [0.29, 0.717) is 37.7 Å². The zero-order chi connectivity index (χ0) is 25.1. The van der Waals surface area contributed by atoms with Crippen molar-refractivity contribution in [3.63, 3.8) is 0 Å². The maximum absolute atomic E-state index is 13.2. The molecule has 1 aromatic heterocycles. The molecule has 1 aliphatic heterocycles. The van der Waals surface area contributed by atoms with Gasteiger partial charge in [-0.2, -0.15) is 8.78 Å². The van der Waals surface area contributed by atoms with Crippen LogP contribution in [0.15, 0.2) is 30.3 Å². The largest absolute Gasteiger partial charge is 0.444 e. The topological polar surface area (TPSA) is 69.1 Å². The summed E-state index contributed by atoms with van der Waals surface area (Å²) in [6, 6.07) is 7.70. The van der Waals surface area contributed by atoms with Crippen molar-refractivity contribution in [1.82, 2.24) is 14.7 Å². The van der Waals surface area contributed by atoms with E-state index < -0.39 is 18.4 Å². The van der Waals surface area contributed by atoms with Crippen LogP contribution in [0.3, 0.4) is 0 Å². The minimum atomic E-state index is -3.88. The van der Waals surface area contributed by atoms with Gasteiger partial charge in [0.2, 0.25) is 0 Å². The fraction of sp³-hybridized carbons (Fsp3) is 0.565. The first-order chi connectivity index (χ1) is 15.9. The van der Waals surface area contributed by atoms with E-state index in [1.165, 1.54) is 12.1 Å². The second kappa shape index (κ2) is 10.1. The molecule has 8 nitrogen and oxygen atoms in total. The molecule has 0 radical (unpaired) electrons. The minimum Gasteiger partial charge on any atom is -0.444 e. The van der Waals surface area contributed by atoms with Gasteiger partial charge < -0.3 is 24.0 Å². The van der Waals surface area contributed by atoms with Crippen molar-refractivity contribution >= 4 is 11.9 Å². The van der Waals surface area contributed by atoms with Gasteiger partial charge >= 0.3 is 12.2 Å². The van der Waals surface area contributed by atoms with Gasteiger partial charge in [-0.3, -0.25) is 0 Å². The van der Waals surface area contributed by atoms with Gasteiger partial charge in [0.15, 0.2) is 12.5 Å². The molecule has 2 heterocycles. The normalized spacial score (nSPS) is 15.9. The molecule has 34 heavy (non-hydrogen) atoms. The van der Waals surface area contributed by atoms with E-state index in [9.17, 15) is 18.0 Å². The second-order valence-electron chi connectivity index (χ2n) is 9.04. The molecule has 0 saturated carbocycles. The number of halogens is 3. The van der Waals surface area contributed by atoms with Gasteiger partial charge in [0.05, 0.1) is 17.5 Å². The van der Waals surface area contributed by atoms with Crippen molar-refractivity contribution in [2.24, 2.45) is 0 Å². The third-order valence-electron chi connectivity index (χ3n) is 5.25. The van der Waals surface area contributed by atoms with Crippen molar-refractivity contribution in [1.29, 1.82) is 0 Å². The third kappa shape index (κ3) is 6.34. The number of methoxy groups -OCH3 is 1. The molecule has 0 bridgehead atoms. The highest BCUT2D eigenvalue weighted by Crippen LogP contribution is 2.28. The summed E-state index contributed by atoms with van der Waals surface area (Å²) in [5, 5.41) is 4.70. The number of hydrogen-bond acceptors (Lipinski definition) is 6. The Labute approximate surface area is 197 Å². The Morgan fingerprint density at radius 3 is 2.26 bits per heavy atom. The Morgan fingerprint density at radius 2 is 1.74 bits per heavy atom. The van der Waals surface area contributed by atoms with Crippen LogP contribution in [-0.4, -0.2) is 72.4 Å². The van der Waals surface area contributed by atoms with Crippen LogP contribution in [0, 0.1) is 0 Å². The van der Waals surface area contributed by atoms with Crippen LogP contribution in [0.25, 0.3) is 5.69 Å². The molecule has 11 heteroatoms. The van der Waals surface area contributed by atoms with Gasteiger partial charge in [0.25, 0.3) is 0 Å². The molecular formula is C23H31F3N4O4. The van der Waals surface area contributed by atoms with E-state index in [0.717, 1.165) is 5.69 Å². The Hall–Kier alpha value is -2.95. The smallest absolute Gasteiger partial charge is 0.427 e. The molecule has 0 spiro atoms. The van der Waals surface area contributed by atoms with E-state index in [1.807, 2.05) is 33.8 Å². The van der Waals surface area contributed by atoms with Crippen molar-refractivity contribution in [3.8, 4) is 11.4 Å². The summed E-state index contributed by atoms with van der Waals surface area (Å²) >= 11 is 0. The predicted molar refractivity (Wildman–Crippen MR) is 121 cm³/mol. The fourth-order valence-corrected chi connectivity index (χ4v) is 3.45. The molecule has 1 amide bonds. The molecule has 1 atom stereocenters. The standard InChI is InChI=1S/C23H31F3N4O4/c1-16(32-5)19-14-20(28-10-12-29(13-11-28)21(31)34-22(2,3)4)27-30(19)17-6-8-18(9-7-17)33-23(25,26)15-24/h6-9,14,16H,10-13,15H2,1-5H3. The first-order valence-corrected chi connectivity index (χ1v) is 11.0. The first kappa shape index (κ1) is 25.7. The van der Waals surface area contributed by atoms with Gasteiger partial charge in [0, 0.05) is 39.4 Å². The SMILES string of the molecule is COC(C)c1cc(N2CCN(C(=O)OC(C)(C)C)CC2)nn1-c1ccc(OC(F)(F)CF)cc1. The quantitative estimate of drug-likeness (QED) is 0.573. The molecule has 0 N–H and O–H groups in total. The number of carbonyl (C=O) groups excluding carboxylic acids is 1. The van der Waals surface area contributed by atoms with Crippen molar-refractivity contribution in [2.75, 3.05) is 44.9 Å². The summed E-state index contributed by atoms with van der Waals surface area (Å²) in [7, 11) is 1.58. The van der Waals surface area contributed by atoms with Gasteiger partial charge in [-0.25, -0.2) is 13.9 Å².